The SMILES string of the molecule is CN(CC(C)(C)C)C(=O)C1(CN)CCOCC1. The zero-order valence-electron chi connectivity index (χ0n) is 11.6. The summed E-state index contributed by atoms with van der Waals surface area (Å²) in [6, 6.07) is 0. The fraction of sp³-hybridized carbons (Fsp3) is 0.923. The van der Waals surface area contributed by atoms with E-state index >= 15 is 0 Å². The van der Waals surface area contributed by atoms with Crippen molar-refractivity contribution in [2.24, 2.45) is 16.6 Å². The average molecular weight is 242 g/mol. The van der Waals surface area contributed by atoms with E-state index in [1.54, 1.807) is 0 Å². The van der Waals surface area contributed by atoms with Crippen molar-refractivity contribution in [3.05, 3.63) is 0 Å². The van der Waals surface area contributed by atoms with Gasteiger partial charge >= 0.3 is 0 Å². The van der Waals surface area contributed by atoms with E-state index in [0.29, 0.717) is 19.8 Å². The first-order valence-corrected chi connectivity index (χ1v) is 6.34. The van der Waals surface area contributed by atoms with Crippen LogP contribution < -0.4 is 5.73 Å². The fourth-order valence-electron chi connectivity index (χ4n) is 2.46. The van der Waals surface area contributed by atoms with Crippen molar-refractivity contribution in [1.29, 1.82) is 0 Å². The van der Waals surface area contributed by atoms with E-state index in [0.717, 1.165) is 19.4 Å². The molecule has 2 N–H and O–H groups in total. The van der Waals surface area contributed by atoms with Gasteiger partial charge in [-0.1, -0.05) is 20.8 Å². The molecule has 4 nitrogen and oxygen atoms in total. The van der Waals surface area contributed by atoms with Gasteiger partial charge in [-0.3, -0.25) is 4.79 Å². The maximum absolute atomic E-state index is 12.5. The number of nitrogens with two attached hydrogens (primary N) is 1. The van der Waals surface area contributed by atoms with Crippen molar-refractivity contribution < 1.29 is 9.53 Å². The van der Waals surface area contributed by atoms with E-state index in [9.17, 15) is 4.79 Å². The smallest absolute Gasteiger partial charge is 0.230 e. The molecule has 0 bridgehead atoms. The molecule has 0 aromatic rings. The van der Waals surface area contributed by atoms with Crippen LogP contribution in [0.1, 0.15) is 33.6 Å². The van der Waals surface area contributed by atoms with Gasteiger partial charge in [0, 0.05) is 33.4 Å². The van der Waals surface area contributed by atoms with E-state index in [2.05, 4.69) is 20.8 Å². The maximum atomic E-state index is 12.5. The number of hydrogen-bond acceptors (Lipinski definition) is 3. The van der Waals surface area contributed by atoms with Gasteiger partial charge in [0.05, 0.1) is 5.41 Å². The van der Waals surface area contributed by atoms with Crippen LogP contribution in [-0.2, 0) is 9.53 Å². The van der Waals surface area contributed by atoms with E-state index in [1.807, 2.05) is 11.9 Å². The lowest BCUT2D eigenvalue weighted by molar-refractivity contribution is -0.147. The molecule has 17 heavy (non-hydrogen) atoms. The highest BCUT2D eigenvalue weighted by Crippen LogP contribution is 2.32. The molecule has 0 atom stereocenters. The zero-order chi connectivity index (χ0) is 13.1. The second-order valence-corrected chi connectivity index (χ2v) is 6.32. The number of amides is 1. The molecule has 1 aliphatic heterocycles. The van der Waals surface area contributed by atoms with Crippen molar-refractivity contribution in [2.75, 3.05) is 33.4 Å². The Kier molecular flexibility index (Phi) is 4.55. The predicted molar refractivity (Wildman–Crippen MR) is 68.6 cm³/mol. The lowest BCUT2D eigenvalue weighted by Crippen LogP contribution is -2.51. The summed E-state index contributed by atoms with van der Waals surface area (Å²) in [6.07, 6.45) is 1.49. The number of carbonyl (C=O) groups excluding carboxylic acids is 1. The lowest BCUT2D eigenvalue weighted by atomic mass is 9.78. The van der Waals surface area contributed by atoms with Crippen LogP contribution in [0.15, 0.2) is 0 Å². The van der Waals surface area contributed by atoms with Crippen LogP contribution in [0, 0.1) is 10.8 Å². The minimum absolute atomic E-state index is 0.116. The molecule has 1 rings (SSSR count). The Morgan fingerprint density at radius 1 is 1.35 bits per heavy atom. The molecule has 0 saturated carbocycles. The highest BCUT2D eigenvalue weighted by atomic mass is 16.5. The third-order valence-corrected chi connectivity index (χ3v) is 3.35. The quantitative estimate of drug-likeness (QED) is 0.810. The second-order valence-electron chi connectivity index (χ2n) is 6.32. The molecule has 4 heteroatoms. The molecular formula is C13H26N2O2. The topological polar surface area (TPSA) is 55.6 Å². The summed E-state index contributed by atoms with van der Waals surface area (Å²) in [5.74, 6) is 0.179. The van der Waals surface area contributed by atoms with Gasteiger partial charge in [-0.05, 0) is 18.3 Å². The molecule has 1 saturated heterocycles. The summed E-state index contributed by atoms with van der Waals surface area (Å²) in [5.41, 5.74) is 5.56. The lowest BCUT2D eigenvalue weighted by Gasteiger charge is -2.39. The highest BCUT2D eigenvalue weighted by molar-refractivity contribution is 5.83. The summed E-state index contributed by atoms with van der Waals surface area (Å²) >= 11 is 0. The summed E-state index contributed by atoms with van der Waals surface area (Å²) in [5, 5.41) is 0. The van der Waals surface area contributed by atoms with Gasteiger partial charge in [0.1, 0.15) is 0 Å². The molecule has 1 heterocycles. The van der Waals surface area contributed by atoms with Gasteiger partial charge in [0.25, 0.3) is 0 Å². The molecule has 0 spiro atoms. The van der Waals surface area contributed by atoms with Crippen molar-refractivity contribution in [3.63, 3.8) is 0 Å². The largest absolute Gasteiger partial charge is 0.381 e. The zero-order valence-corrected chi connectivity index (χ0v) is 11.6. The predicted octanol–water partition coefficient (Wildman–Crippen LogP) is 1.25. The van der Waals surface area contributed by atoms with Gasteiger partial charge in [0.2, 0.25) is 5.91 Å². The monoisotopic (exact) mass is 242 g/mol. The molecule has 0 aromatic carbocycles. The number of carbonyl (C=O) groups is 1. The highest BCUT2D eigenvalue weighted by Gasteiger charge is 2.41. The maximum Gasteiger partial charge on any atom is 0.230 e. The minimum atomic E-state index is -0.391. The molecule has 100 valence electrons. The third-order valence-electron chi connectivity index (χ3n) is 3.35. The molecule has 1 aliphatic rings. The summed E-state index contributed by atoms with van der Waals surface area (Å²) in [7, 11) is 1.88. The Morgan fingerprint density at radius 2 is 1.88 bits per heavy atom. The molecule has 1 fully saturated rings. The number of ether oxygens (including phenoxy) is 1. The average Bonchev–Trinajstić information content (AvgIpc) is 2.26. The van der Waals surface area contributed by atoms with Crippen molar-refractivity contribution in [2.45, 2.75) is 33.6 Å². The molecule has 0 aliphatic carbocycles. The first kappa shape index (κ1) is 14.5. The Bertz CT molecular complexity index is 265. The number of nitrogens with zero attached hydrogens (tertiary/aromatic N) is 1. The molecule has 0 unspecified atom stereocenters. The second kappa shape index (κ2) is 5.36. The molecule has 0 aromatic heterocycles. The summed E-state index contributed by atoms with van der Waals surface area (Å²) < 4.78 is 5.33. The van der Waals surface area contributed by atoms with Gasteiger partial charge in [-0.25, -0.2) is 0 Å². The Hall–Kier alpha value is -0.610. The Labute approximate surface area is 104 Å². The molecule has 0 radical (unpaired) electrons. The molecular weight excluding hydrogens is 216 g/mol. The van der Waals surface area contributed by atoms with Gasteiger partial charge in [-0.15, -0.1) is 0 Å². The van der Waals surface area contributed by atoms with E-state index in [1.165, 1.54) is 0 Å². The van der Waals surface area contributed by atoms with Crippen LogP contribution >= 0.6 is 0 Å². The van der Waals surface area contributed by atoms with Crippen LogP contribution in [0.2, 0.25) is 0 Å². The summed E-state index contributed by atoms with van der Waals surface area (Å²) in [4.78, 5) is 14.4. The first-order chi connectivity index (χ1) is 7.81. The van der Waals surface area contributed by atoms with E-state index in [-0.39, 0.29) is 11.3 Å². The number of hydrogen-bond donors (Lipinski definition) is 1. The molecule has 1 amide bonds. The van der Waals surface area contributed by atoms with Crippen LogP contribution in [0.25, 0.3) is 0 Å². The van der Waals surface area contributed by atoms with Crippen LogP contribution in [0.5, 0.6) is 0 Å². The van der Waals surface area contributed by atoms with E-state index < -0.39 is 5.41 Å². The standard InChI is InChI=1S/C13H26N2O2/c1-12(2,3)10-15(4)11(16)13(9-14)5-7-17-8-6-13/h5-10,14H2,1-4H3. The van der Waals surface area contributed by atoms with Crippen LogP contribution in [0.3, 0.4) is 0 Å². The Morgan fingerprint density at radius 3 is 2.29 bits per heavy atom. The minimum Gasteiger partial charge on any atom is -0.381 e. The van der Waals surface area contributed by atoms with Gasteiger partial charge in [-0.2, -0.15) is 0 Å². The Balaban J connectivity index is 2.71. The van der Waals surface area contributed by atoms with E-state index in [4.69, 9.17) is 10.5 Å². The van der Waals surface area contributed by atoms with Crippen molar-refractivity contribution in [1.82, 2.24) is 4.90 Å². The first-order valence-electron chi connectivity index (χ1n) is 6.34. The van der Waals surface area contributed by atoms with Crippen molar-refractivity contribution >= 4 is 5.91 Å². The fourth-order valence-corrected chi connectivity index (χ4v) is 2.46. The summed E-state index contributed by atoms with van der Waals surface area (Å²) in [6.45, 7) is 8.87. The van der Waals surface area contributed by atoms with Gasteiger partial charge < -0.3 is 15.4 Å². The third kappa shape index (κ3) is 3.68. The normalized spacial score (nSPS) is 20.1. The van der Waals surface area contributed by atoms with Crippen LogP contribution in [-0.4, -0.2) is 44.2 Å². The van der Waals surface area contributed by atoms with Crippen molar-refractivity contribution in [3.8, 4) is 0 Å². The van der Waals surface area contributed by atoms with Crippen LogP contribution in [0.4, 0.5) is 0 Å². The van der Waals surface area contributed by atoms with Gasteiger partial charge in [0.15, 0.2) is 0 Å². The number of rotatable bonds is 3.